The lowest BCUT2D eigenvalue weighted by Gasteiger charge is -2.05. The van der Waals surface area contributed by atoms with Crippen LogP contribution in [0.15, 0.2) is 23.1 Å². The second kappa shape index (κ2) is 5.06. The van der Waals surface area contributed by atoms with Gasteiger partial charge in [-0.05, 0) is 18.2 Å². The number of aromatic nitrogens is 2. The number of nitrogens with one attached hydrogen (secondary N) is 1. The molecule has 0 atom stereocenters. The molecular formula is C11H11F3N2O3S. The van der Waals surface area contributed by atoms with Crippen LogP contribution in [-0.2, 0) is 21.2 Å². The van der Waals surface area contributed by atoms with Crippen molar-refractivity contribution in [2.45, 2.75) is 17.7 Å². The third-order valence-electron chi connectivity index (χ3n) is 2.44. The maximum Gasteiger partial charge on any atom is 0.411 e. The Morgan fingerprint density at radius 2 is 2.05 bits per heavy atom. The molecule has 0 aliphatic heterocycles. The molecule has 0 bridgehead atoms. The van der Waals surface area contributed by atoms with Crippen molar-refractivity contribution >= 4 is 20.9 Å². The van der Waals surface area contributed by atoms with Crippen molar-refractivity contribution in [3.8, 4) is 0 Å². The molecule has 0 aliphatic carbocycles. The second-order valence-corrected chi connectivity index (χ2v) is 6.26. The number of aromatic amines is 1. The molecule has 9 heteroatoms. The molecule has 0 saturated carbocycles. The summed E-state index contributed by atoms with van der Waals surface area (Å²) < 4.78 is 63.0. The van der Waals surface area contributed by atoms with E-state index >= 15 is 0 Å². The van der Waals surface area contributed by atoms with Gasteiger partial charge in [-0.15, -0.1) is 0 Å². The van der Waals surface area contributed by atoms with Gasteiger partial charge in [-0.2, -0.15) is 13.2 Å². The van der Waals surface area contributed by atoms with Crippen molar-refractivity contribution in [3.63, 3.8) is 0 Å². The zero-order valence-electron chi connectivity index (χ0n) is 10.4. The van der Waals surface area contributed by atoms with Gasteiger partial charge in [0, 0.05) is 6.26 Å². The lowest BCUT2D eigenvalue weighted by atomic mass is 10.3. The number of hydrogen-bond acceptors (Lipinski definition) is 4. The van der Waals surface area contributed by atoms with E-state index in [1.54, 1.807) is 0 Å². The molecule has 2 aromatic rings. The van der Waals surface area contributed by atoms with Crippen molar-refractivity contribution in [2.24, 2.45) is 0 Å². The summed E-state index contributed by atoms with van der Waals surface area (Å²) in [6, 6.07) is 4.25. The predicted molar refractivity (Wildman–Crippen MR) is 64.9 cm³/mol. The Morgan fingerprint density at radius 3 is 2.65 bits per heavy atom. The lowest BCUT2D eigenvalue weighted by Crippen LogP contribution is -2.16. The molecule has 2 rings (SSSR count). The summed E-state index contributed by atoms with van der Waals surface area (Å²) in [6.45, 7) is -1.69. The van der Waals surface area contributed by atoms with Crippen LogP contribution in [0.25, 0.3) is 11.0 Å². The van der Waals surface area contributed by atoms with E-state index in [2.05, 4.69) is 14.7 Å². The highest BCUT2D eigenvalue weighted by Crippen LogP contribution is 2.19. The van der Waals surface area contributed by atoms with Crippen molar-refractivity contribution in [2.75, 3.05) is 12.9 Å². The highest BCUT2D eigenvalue weighted by molar-refractivity contribution is 7.90. The fraction of sp³-hybridized carbons (Fsp3) is 0.364. The van der Waals surface area contributed by atoms with Gasteiger partial charge in [-0.1, -0.05) is 0 Å². The van der Waals surface area contributed by atoms with Crippen LogP contribution in [0.1, 0.15) is 5.82 Å². The van der Waals surface area contributed by atoms with Gasteiger partial charge in [0.2, 0.25) is 0 Å². The zero-order chi connectivity index (χ0) is 15.0. The minimum atomic E-state index is -4.39. The monoisotopic (exact) mass is 308 g/mol. The molecule has 5 nitrogen and oxygen atoms in total. The average molecular weight is 308 g/mol. The van der Waals surface area contributed by atoms with Crippen molar-refractivity contribution in [3.05, 3.63) is 24.0 Å². The SMILES string of the molecule is CS(=O)(=O)c1ccc2nc(COCC(F)(F)F)[nH]c2c1. The Labute approximate surface area is 112 Å². The fourth-order valence-electron chi connectivity index (χ4n) is 1.60. The topological polar surface area (TPSA) is 72.1 Å². The molecule has 0 unspecified atom stereocenters. The highest BCUT2D eigenvalue weighted by Gasteiger charge is 2.27. The van der Waals surface area contributed by atoms with E-state index in [4.69, 9.17) is 0 Å². The number of sulfone groups is 1. The predicted octanol–water partition coefficient (Wildman–Crippen LogP) is 2.05. The summed E-state index contributed by atoms with van der Waals surface area (Å²) in [4.78, 5) is 6.85. The molecule has 1 heterocycles. The molecule has 1 N–H and O–H groups in total. The van der Waals surface area contributed by atoms with E-state index in [1.165, 1.54) is 18.2 Å². The summed E-state index contributed by atoms with van der Waals surface area (Å²) in [7, 11) is -3.35. The van der Waals surface area contributed by atoms with E-state index in [0.717, 1.165) is 6.26 Å². The molecule has 0 saturated heterocycles. The van der Waals surface area contributed by atoms with Gasteiger partial charge in [0.05, 0.1) is 15.9 Å². The van der Waals surface area contributed by atoms with Crippen LogP contribution < -0.4 is 0 Å². The normalized spacial score (nSPS) is 13.0. The van der Waals surface area contributed by atoms with Gasteiger partial charge in [0.15, 0.2) is 9.84 Å². The molecular weight excluding hydrogens is 297 g/mol. The van der Waals surface area contributed by atoms with Crippen LogP contribution in [0.4, 0.5) is 13.2 Å². The number of nitrogens with zero attached hydrogens (tertiary/aromatic N) is 1. The Morgan fingerprint density at radius 1 is 1.35 bits per heavy atom. The summed E-state index contributed by atoms with van der Waals surface area (Å²) >= 11 is 0. The molecule has 20 heavy (non-hydrogen) atoms. The van der Waals surface area contributed by atoms with Gasteiger partial charge in [-0.3, -0.25) is 0 Å². The first-order valence-electron chi connectivity index (χ1n) is 5.48. The van der Waals surface area contributed by atoms with E-state index < -0.39 is 22.6 Å². The van der Waals surface area contributed by atoms with E-state index in [1.807, 2.05) is 0 Å². The Bertz CT molecular complexity index is 722. The molecule has 1 aromatic heterocycles. The molecule has 1 aromatic carbocycles. The van der Waals surface area contributed by atoms with Gasteiger partial charge < -0.3 is 9.72 Å². The largest absolute Gasteiger partial charge is 0.411 e. The van der Waals surface area contributed by atoms with Gasteiger partial charge in [-0.25, -0.2) is 13.4 Å². The van der Waals surface area contributed by atoms with E-state index in [9.17, 15) is 21.6 Å². The third kappa shape index (κ3) is 3.70. The number of H-pyrrole nitrogens is 1. The first kappa shape index (κ1) is 14.8. The van der Waals surface area contributed by atoms with Gasteiger partial charge in [0.1, 0.15) is 19.0 Å². The Balaban J connectivity index is 2.17. The first-order chi connectivity index (χ1) is 9.15. The first-order valence-corrected chi connectivity index (χ1v) is 7.37. The molecule has 0 amide bonds. The van der Waals surface area contributed by atoms with Crippen LogP contribution in [0, 0.1) is 0 Å². The van der Waals surface area contributed by atoms with E-state index in [-0.39, 0.29) is 17.3 Å². The number of alkyl halides is 3. The molecule has 0 radical (unpaired) electrons. The maximum absolute atomic E-state index is 11.9. The number of fused-ring (bicyclic) bond motifs is 1. The summed E-state index contributed by atoms with van der Waals surface area (Å²) in [5.41, 5.74) is 0.890. The van der Waals surface area contributed by atoms with Crippen molar-refractivity contribution in [1.82, 2.24) is 9.97 Å². The van der Waals surface area contributed by atoms with Crippen molar-refractivity contribution in [1.29, 1.82) is 0 Å². The standard InChI is InChI=1S/C11H11F3N2O3S/c1-20(17,18)7-2-3-8-9(4-7)16-10(15-8)5-19-6-11(12,13)14/h2-4H,5-6H2,1H3,(H,15,16). The average Bonchev–Trinajstić information content (AvgIpc) is 2.67. The number of benzene rings is 1. The van der Waals surface area contributed by atoms with Crippen LogP contribution in [-0.4, -0.2) is 37.4 Å². The summed E-state index contributed by atoms with van der Waals surface area (Å²) in [6.07, 6.45) is -3.33. The lowest BCUT2D eigenvalue weighted by molar-refractivity contribution is -0.177. The fourth-order valence-corrected chi connectivity index (χ4v) is 2.25. The quantitative estimate of drug-likeness (QED) is 0.938. The molecule has 0 fully saturated rings. The van der Waals surface area contributed by atoms with Crippen molar-refractivity contribution < 1.29 is 26.3 Å². The molecule has 0 spiro atoms. The number of halogens is 3. The number of rotatable bonds is 4. The number of hydrogen-bond donors (Lipinski definition) is 1. The number of imidazole rings is 1. The van der Waals surface area contributed by atoms with Crippen LogP contribution >= 0.6 is 0 Å². The second-order valence-electron chi connectivity index (χ2n) is 4.24. The molecule has 0 aliphatic rings. The third-order valence-corrected chi connectivity index (χ3v) is 3.55. The van der Waals surface area contributed by atoms with E-state index in [0.29, 0.717) is 11.0 Å². The Kier molecular flexibility index (Phi) is 3.74. The number of ether oxygens (including phenoxy) is 1. The summed E-state index contributed by atoms with van der Waals surface area (Å²) in [5, 5.41) is 0. The van der Waals surface area contributed by atoms with Crippen LogP contribution in [0.2, 0.25) is 0 Å². The zero-order valence-corrected chi connectivity index (χ0v) is 11.2. The van der Waals surface area contributed by atoms with Crippen LogP contribution in [0.5, 0.6) is 0 Å². The van der Waals surface area contributed by atoms with Gasteiger partial charge in [0.25, 0.3) is 0 Å². The maximum atomic E-state index is 11.9. The minimum Gasteiger partial charge on any atom is -0.364 e. The summed E-state index contributed by atoms with van der Waals surface area (Å²) in [5.74, 6) is 0.204. The highest BCUT2D eigenvalue weighted by atomic mass is 32.2. The van der Waals surface area contributed by atoms with Crippen LogP contribution in [0.3, 0.4) is 0 Å². The van der Waals surface area contributed by atoms with Gasteiger partial charge >= 0.3 is 6.18 Å². The molecule has 110 valence electrons. The Hall–Kier alpha value is -1.61. The minimum absolute atomic E-state index is 0.108. The smallest absolute Gasteiger partial charge is 0.364 e.